The van der Waals surface area contributed by atoms with Crippen molar-refractivity contribution in [3.63, 3.8) is 0 Å². The first-order valence-electron chi connectivity index (χ1n) is 16.4. The molecule has 0 aliphatic carbocycles. The zero-order valence-electron chi connectivity index (χ0n) is 28.7. The monoisotopic (exact) mass is 913 g/mol. The van der Waals surface area contributed by atoms with E-state index < -0.39 is 0 Å². The zero-order chi connectivity index (χ0) is 33.1. The number of benzene rings is 5. The molecule has 0 bridgehead atoms. The van der Waals surface area contributed by atoms with Gasteiger partial charge in [0, 0.05) is 50.5 Å². The molecule has 7 aromatic rings. The molecule has 0 radical (unpaired) electrons. The number of anilines is 4. The Morgan fingerprint density at radius 3 is 1.70 bits per heavy atom. The number of nitrogens with two attached hydrogens (primary N) is 4. The molecule has 0 unspecified atom stereocenters. The fourth-order valence-corrected chi connectivity index (χ4v) is 6.40. The zero-order valence-corrected chi connectivity index (χ0v) is 33.9. The first-order valence-corrected chi connectivity index (χ1v) is 16.4. The Bertz CT molecular complexity index is 2170. The number of quaternary nitrogens is 1. The number of hydrogen-bond donors (Lipinski definition) is 4. The molecule has 0 amide bonds. The fraction of sp³-hybridized carbons (Fsp3) is 0.200. The van der Waals surface area contributed by atoms with Crippen LogP contribution in [0.15, 0.2) is 109 Å². The Morgan fingerprint density at radius 1 is 0.600 bits per heavy atom. The summed E-state index contributed by atoms with van der Waals surface area (Å²) in [5.74, 6) is 0. The van der Waals surface area contributed by atoms with E-state index in [9.17, 15) is 0 Å². The molecule has 50 heavy (non-hydrogen) atoms. The topological polar surface area (TPSA) is 121 Å². The smallest absolute Gasteiger partial charge is 0.220 e. The number of pyridine rings is 2. The summed E-state index contributed by atoms with van der Waals surface area (Å²) in [7, 11) is 2.35. The molecule has 262 valence electrons. The van der Waals surface area contributed by atoms with Crippen LogP contribution in [0, 0.1) is 0 Å². The largest absolute Gasteiger partial charge is 1.00 e. The minimum atomic E-state index is 0. The molecule has 7 nitrogen and oxygen atoms in total. The molecule has 7 rings (SSSR count). The van der Waals surface area contributed by atoms with Crippen molar-refractivity contribution in [2.24, 2.45) is 0 Å². The van der Waals surface area contributed by atoms with Crippen molar-refractivity contribution >= 4 is 78.6 Å². The highest BCUT2D eigenvalue weighted by molar-refractivity contribution is 6.10. The summed E-state index contributed by atoms with van der Waals surface area (Å²) < 4.78 is 3.54. The highest BCUT2D eigenvalue weighted by Crippen LogP contribution is 2.33. The van der Waals surface area contributed by atoms with Crippen molar-refractivity contribution in [2.45, 2.75) is 26.8 Å². The van der Waals surface area contributed by atoms with Gasteiger partial charge in [0.2, 0.25) is 11.2 Å². The number of halogens is 3. The van der Waals surface area contributed by atoms with Crippen LogP contribution in [0.4, 0.5) is 22.7 Å². The highest BCUT2D eigenvalue weighted by Gasteiger charge is 2.25. The molecular formula is C40H46ClI2N7. The van der Waals surface area contributed by atoms with E-state index in [4.69, 9.17) is 22.9 Å². The maximum absolute atomic E-state index is 6.25. The van der Waals surface area contributed by atoms with Crippen molar-refractivity contribution in [1.82, 2.24) is 4.98 Å². The lowest BCUT2D eigenvalue weighted by Gasteiger charge is -2.31. The second-order valence-corrected chi connectivity index (χ2v) is 12.7. The average molecular weight is 914 g/mol. The standard InChI is InChI=1S/C27H33N4.C13H11N3.ClH.2HI/c1-4-31(3,5-2)17-9-16-30-26-19-22(29)13-15-24(26)23-14-12-21(28)18-25(23)27(30)20-10-7-6-8-11-20;14-10-3-1-8-5-9-2-4-11(15)7-13(9)16-12(8)6-10;;;/h6-8,10-15,18-19,29H,4-5,9,16-17,28H2,1-3H3;1-7H,14-15H2;3*1H/q+1;;;;/p-1. The number of rotatable bonds is 7. The molecule has 5 aromatic carbocycles. The molecular weight excluding hydrogens is 868 g/mol. The summed E-state index contributed by atoms with van der Waals surface area (Å²) >= 11 is 0. The Balaban J connectivity index is 0.000000301. The predicted octanol–water partition coefficient (Wildman–Crippen LogP) is 1.97. The van der Waals surface area contributed by atoms with Crippen LogP contribution < -0.4 is 75.5 Å². The van der Waals surface area contributed by atoms with Gasteiger partial charge in [0.1, 0.15) is 0 Å². The molecule has 0 saturated carbocycles. The van der Waals surface area contributed by atoms with Crippen molar-refractivity contribution in [3.8, 4) is 11.3 Å². The Hall–Kier alpha value is -3.65. The van der Waals surface area contributed by atoms with Crippen LogP contribution in [0.25, 0.3) is 54.7 Å². The summed E-state index contributed by atoms with van der Waals surface area (Å²) in [5, 5.41) is 5.79. The van der Waals surface area contributed by atoms with Gasteiger partial charge in [0.15, 0.2) is 6.54 Å². The van der Waals surface area contributed by atoms with E-state index in [0.29, 0.717) is 0 Å². The second-order valence-electron chi connectivity index (χ2n) is 12.7. The minimum Gasteiger partial charge on any atom is -1.00 e. The van der Waals surface area contributed by atoms with Crippen molar-refractivity contribution in [1.29, 1.82) is 0 Å². The number of fused-ring (bicyclic) bond motifs is 5. The van der Waals surface area contributed by atoms with Crippen LogP contribution in [-0.2, 0) is 6.54 Å². The third kappa shape index (κ3) is 8.79. The van der Waals surface area contributed by atoms with Crippen LogP contribution in [0.3, 0.4) is 0 Å². The molecule has 2 heterocycles. The van der Waals surface area contributed by atoms with Gasteiger partial charge in [-0.15, -0.1) is 12.4 Å². The third-order valence-corrected chi connectivity index (χ3v) is 9.49. The van der Waals surface area contributed by atoms with Crippen LogP contribution in [0.2, 0.25) is 0 Å². The van der Waals surface area contributed by atoms with E-state index in [1.807, 2.05) is 48.5 Å². The van der Waals surface area contributed by atoms with Crippen molar-refractivity contribution < 1.29 is 57.0 Å². The molecule has 0 spiro atoms. The second kappa shape index (κ2) is 17.5. The lowest BCUT2D eigenvalue weighted by atomic mass is 9.98. The van der Waals surface area contributed by atoms with Gasteiger partial charge < -0.3 is 75.4 Å². The summed E-state index contributed by atoms with van der Waals surface area (Å²) in [6.07, 6.45) is 1.10. The Kier molecular flexibility index (Phi) is 14.3. The molecule has 0 saturated heterocycles. The van der Waals surface area contributed by atoms with Crippen molar-refractivity contribution in [3.05, 3.63) is 109 Å². The maximum atomic E-state index is 6.25. The van der Waals surface area contributed by atoms with Crippen molar-refractivity contribution in [2.75, 3.05) is 49.6 Å². The van der Waals surface area contributed by atoms with E-state index in [-0.39, 0.29) is 60.4 Å². The lowest BCUT2D eigenvalue weighted by molar-refractivity contribution is -0.908. The summed E-state index contributed by atoms with van der Waals surface area (Å²) in [6, 6.07) is 36.7. The molecule has 0 atom stereocenters. The number of aromatic nitrogens is 2. The van der Waals surface area contributed by atoms with Gasteiger partial charge in [-0.05, 0) is 80.6 Å². The minimum absolute atomic E-state index is 0. The van der Waals surface area contributed by atoms with Crippen LogP contribution in [0.1, 0.15) is 20.3 Å². The number of hydrogen-bond acceptors (Lipinski definition) is 5. The van der Waals surface area contributed by atoms with Gasteiger partial charge in [-0.1, -0.05) is 36.4 Å². The number of nitrogen functional groups attached to an aromatic ring is 4. The lowest BCUT2D eigenvalue weighted by Crippen LogP contribution is -3.00. The van der Waals surface area contributed by atoms with Crippen LogP contribution in [-0.4, -0.2) is 36.1 Å². The van der Waals surface area contributed by atoms with Gasteiger partial charge in [-0.2, -0.15) is 4.57 Å². The van der Waals surface area contributed by atoms with E-state index in [1.54, 1.807) is 0 Å². The van der Waals surface area contributed by atoms with E-state index in [2.05, 4.69) is 91.1 Å². The summed E-state index contributed by atoms with van der Waals surface area (Å²) in [5.41, 5.74) is 32.4. The Morgan fingerprint density at radius 2 is 1.12 bits per heavy atom. The SMILES string of the molecule is CC[N+](C)(CC)CCC[n+]1c(-c2ccccc2)c2cc(N)ccc2c2ccc(N)cc21.Cl.Nc1ccc2cc3ccc(N)cc3nc2c1.[I-].[I-]. The summed E-state index contributed by atoms with van der Waals surface area (Å²) in [6.45, 7) is 8.93. The van der Waals surface area contributed by atoms with Gasteiger partial charge in [0.05, 0.1) is 54.9 Å². The quantitative estimate of drug-likeness (QED) is 0.0488. The molecule has 0 aliphatic heterocycles. The normalized spacial score (nSPS) is 10.9. The number of aryl methyl sites for hydroxylation is 1. The summed E-state index contributed by atoms with van der Waals surface area (Å²) in [4.78, 5) is 4.54. The van der Waals surface area contributed by atoms with Crippen LogP contribution in [0.5, 0.6) is 0 Å². The Labute approximate surface area is 335 Å². The van der Waals surface area contributed by atoms with Gasteiger partial charge in [0.25, 0.3) is 0 Å². The van der Waals surface area contributed by atoms with Crippen LogP contribution >= 0.6 is 12.4 Å². The highest BCUT2D eigenvalue weighted by atomic mass is 127. The molecule has 10 heteroatoms. The van der Waals surface area contributed by atoms with E-state index in [1.165, 1.54) is 32.9 Å². The molecule has 2 aromatic heterocycles. The maximum Gasteiger partial charge on any atom is 0.220 e. The first-order chi connectivity index (χ1) is 22.7. The van der Waals surface area contributed by atoms with Gasteiger partial charge >= 0.3 is 0 Å². The van der Waals surface area contributed by atoms with E-state index >= 15 is 0 Å². The molecule has 0 fully saturated rings. The average Bonchev–Trinajstić information content (AvgIpc) is 3.07. The molecule has 0 aliphatic rings. The first kappa shape index (κ1) is 40.8. The molecule has 8 N–H and O–H groups in total. The van der Waals surface area contributed by atoms with Gasteiger partial charge in [-0.3, -0.25) is 0 Å². The number of nitrogens with zero attached hydrogens (tertiary/aromatic N) is 3. The predicted molar refractivity (Wildman–Crippen MR) is 208 cm³/mol. The third-order valence-electron chi connectivity index (χ3n) is 9.49. The van der Waals surface area contributed by atoms with E-state index in [0.717, 1.165) is 81.6 Å². The van der Waals surface area contributed by atoms with Gasteiger partial charge in [-0.25, -0.2) is 4.98 Å². The fourth-order valence-electron chi connectivity index (χ4n) is 6.40.